The molecule has 3 rings (SSSR count). The average Bonchev–Trinajstić information content (AvgIpc) is 2.79. The number of nitrogens with one attached hydrogen (secondary N) is 1. The van der Waals surface area contributed by atoms with Crippen molar-refractivity contribution < 1.29 is 22.7 Å². The van der Waals surface area contributed by atoms with E-state index in [0.717, 1.165) is 11.3 Å². The highest BCUT2D eigenvalue weighted by Gasteiger charge is 2.19. The molecule has 34 heavy (non-hydrogen) atoms. The number of nitrogens with two attached hydrogens (primary N) is 1. The van der Waals surface area contributed by atoms with Gasteiger partial charge in [-0.1, -0.05) is 49.2 Å². The zero-order valence-electron chi connectivity index (χ0n) is 18.8. The van der Waals surface area contributed by atoms with Gasteiger partial charge in [0.1, 0.15) is 11.5 Å². The summed E-state index contributed by atoms with van der Waals surface area (Å²) in [6, 6.07) is 14.3. The monoisotopic (exact) mass is 522 g/mol. The highest BCUT2D eigenvalue weighted by atomic mass is 35.5. The standard InChI is InChI=1S/C24H24Cl2N2O5S/c1-14(2)19-12-16(6-11-21(19)32-3)33-23-20(25)10-9-18(22(23)26)24(29)28-13-15-4-7-17(8-5-15)34(27,30)31/h4-12,14H,13H2,1-3H3,(H,28,29)(H2,27,30,31). The van der Waals surface area contributed by atoms with E-state index in [4.69, 9.17) is 37.8 Å². The van der Waals surface area contributed by atoms with Crippen molar-refractivity contribution in [2.75, 3.05) is 7.11 Å². The van der Waals surface area contributed by atoms with Crippen LogP contribution in [0.25, 0.3) is 0 Å². The fourth-order valence-electron chi connectivity index (χ4n) is 3.22. The van der Waals surface area contributed by atoms with Gasteiger partial charge < -0.3 is 14.8 Å². The molecule has 0 bridgehead atoms. The number of carbonyl (C=O) groups is 1. The molecule has 0 aliphatic carbocycles. The van der Waals surface area contributed by atoms with Gasteiger partial charge in [0.15, 0.2) is 5.75 Å². The third-order valence-electron chi connectivity index (χ3n) is 5.04. The molecule has 0 saturated heterocycles. The van der Waals surface area contributed by atoms with Crippen molar-refractivity contribution in [2.45, 2.75) is 31.2 Å². The minimum atomic E-state index is -3.78. The first-order valence-electron chi connectivity index (χ1n) is 10.2. The molecule has 0 unspecified atom stereocenters. The van der Waals surface area contributed by atoms with E-state index in [0.29, 0.717) is 11.3 Å². The second kappa shape index (κ2) is 10.7. The van der Waals surface area contributed by atoms with Gasteiger partial charge in [0.2, 0.25) is 10.0 Å². The van der Waals surface area contributed by atoms with Gasteiger partial charge in [0, 0.05) is 12.1 Å². The number of rotatable bonds is 8. The summed E-state index contributed by atoms with van der Waals surface area (Å²) in [6.07, 6.45) is 0. The number of hydrogen-bond donors (Lipinski definition) is 2. The number of halogens is 2. The number of carbonyl (C=O) groups excluding carboxylic acids is 1. The van der Waals surface area contributed by atoms with Crippen molar-refractivity contribution in [3.8, 4) is 17.2 Å². The first kappa shape index (κ1) is 25.8. The lowest BCUT2D eigenvalue weighted by molar-refractivity contribution is 0.0950. The van der Waals surface area contributed by atoms with Crippen LogP contribution in [-0.4, -0.2) is 21.4 Å². The summed E-state index contributed by atoms with van der Waals surface area (Å²) in [5.41, 5.74) is 1.82. The van der Waals surface area contributed by atoms with Crippen LogP contribution in [0.4, 0.5) is 0 Å². The molecular weight excluding hydrogens is 499 g/mol. The summed E-state index contributed by atoms with van der Waals surface area (Å²) in [6.45, 7) is 4.22. The van der Waals surface area contributed by atoms with E-state index in [1.54, 1.807) is 31.4 Å². The van der Waals surface area contributed by atoms with Gasteiger partial charge in [0.25, 0.3) is 5.91 Å². The molecule has 0 saturated carbocycles. The Morgan fingerprint density at radius 3 is 2.32 bits per heavy atom. The Morgan fingerprint density at radius 2 is 1.74 bits per heavy atom. The Morgan fingerprint density at radius 1 is 1.06 bits per heavy atom. The molecule has 180 valence electrons. The van der Waals surface area contributed by atoms with Crippen molar-refractivity contribution in [1.29, 1.82) is 0 Å². The summed E-state index contributed by atoms with van der Waals surface area (Å²) >= 11 is 12.8. The Balaban J connectivity index is 1.80. The maximum Gasteiger partial charge on any atom is 0.253 e. The van der Waals surface area contributed by atoms with Gasteiger partial charge >= 0.3 is 0 Å². The molecule has 0 heterocycles. The molecule has 10 heteroatoms. The molecule has 0 aromatic heterocycles. The van der Waals surface area contributed by atoms with Crippen LogP contribution in [0.15, 0.2) is 59.5 Å². The molecule has 0 aliphatic rings. The van der Waals surface area contributed by atoms with Crippen molar-refractivity contribution in [3.05, 3.63) is 81.3 Å². The summed E-state index contributed by atoms with van der Waals surface area (Å²) in [7, 11) is -2.18. The molecule has 7 nitrogen and oxygen atoms in total. The molecule has 0 atom stereocenters. The minimum absolute atomic E-state index is 0.00994. The lowest BCUT2D eigenvalue weighted by Crippen LogP contribution is -2.23. The predicted molar refractivity (Wildman–Crippen MR) is 133 cm³/mol. The molecule has 3 aromatic rings. The molecule has 3 aromatic carbocycles. The Bertz CT molecular complexity index is 1310. The fraction of sp³-hybridized carbons (Fsp3) is 0.208. The molecule has 0 fully saturated rings. The van der Waals surface area contributed by atoms with E-state index >= 15 is 0 Å². The number of methoxy groups -OCH3 is 1. The highest BCUT2D eigenvalue weighted by Crippen LogP contribution is 2.40. The number of amides is 1. The van der Waals surface area contributed by atoms with E-state index < -0.39 is 15.9 Å². The van der Waals surface area contributed by atoms with Crippen molar-refractivity contribution >= 4 is 39.1 Å². The van der Waals surface area contributed by atoms with Gasteiger partial charge in [-0.3, -0.25) is 4.79 Å². The number of sulfonamides is 1. The van der Waals surface area contributed by atoms with Gasteiger partial charge in [-0.25, -0.2) is 13.6 Å². The number of ether oxygens (including phenoxy) is 2. The molecule has 1 amide bonds. The van der Waals surface area contributed by atoms with E-state index in [1.165, 1.54) is 24.3 Å². The van der Waals surface area contributed by atoms with Crippen LogP contribution in [0.3, 0.4) is 0 Å². The van der Waals surface area contributed by atoms with Crippen LogP contribution < -0.4 is 19.9 Å². The van der Waals surface area contributed by atoms with E-state index in [2.05, 4.69) is 5.32 Å². The summed E-state index contributed by atoms with van der Waals surface area (Å²) in [5.74, 6) is 1.15. The van der Waals surface area contributed by atoms with Crippen LogP contribution >= 0.6 is 23.2 Å². The molecule has 3 N–H and O–H groups in total. The SMILES string of the molecule is COc1ccc(Oc2c(Cl)ccc(C(=O)NCc3ccc(S(N)(=O)=O)cc3)c2Cl)cc1C(C)C. The Kier molecular flexibility index (Phi) is 8.09. The average molecular weight is 523 g/mol. The van der Waals surface area contributed by atoms with Crippen LogP contribution in [0.5, 0.6) is 17.2 Å². The summed E-state index contributed by atoms with van der Waals surface area (Å²) in [5, 5.41) is 8.16. The van der Waals surface area contributed by atoms with Crippen molar-refractivity contribution in [2.24, 2.45) is 5.14 Å². The first-order valence-corrected chi connectivity index (χ1v) is 12.5. The lowest BCUT2D eigenvalue weighted by atomic mass is 10.0. The Labute approximate surface area is 208 Å². The van der Waals surface area contributed by atoms with Crippen LogP contribution in [0.2, 0.25) is 10.0 Å². The lowest BCUT2D eigenvalue weighted by Gasteiger charge is -2.16. The number of benzene rings is 3. The fourth-order valence-corrected chi connectivity index (χ4v) is 4.27. The smallest absolute Gasteiger partial charge is 0.253 e. The van der Waals surface area contributed by atoms with E-state index in [9.17, 15) is 13.2 Å². The van der Waals surface area contributed by atoms with Gasteiger partial charge in [-0.2, -0.15) is 0 Å². The predicted octanol–water partition coefficient (Wildman–Crippen LogP) is 5.50. The maximum atomic E-state index is 12.8. The third kappa shape index (κ3) is 6.01. The minimum Gasteiger partial charge on any atom is -0.496 e. The van der Waals surface area contributed by atoms with Crippen molar-refractivity contribution in [1.82, 2.24) is 5.32 Å². The second-order valence-electron chi connectivity index (χ2n) is 7.77. The van der Waals surface area contributed by atoms with E-state index in [-0.39, 0.29) is 38.7 Å². The third-order valence-corrected chi connectivity index (χ3v) is 6.64. The highest BCUT2D eigenvalue weighted by molar-refractivity contribution is 7.89. The second-order valence-corrected chi connectivity index (χ2v) is 10.1. The van der Waals surface area contributed by atoms with Gasteiger partial charge in [0.05, 0.1) is 27.6 Å². The quantitative estimate of drug-likeness (QED) is 0.406. The normalized spacial score (nSPS) is 11.4. The zero-order valence-corrected chi connectivity index (χ0v) is 21.1. The largest absolute Gasteiger partial charge is 0.496 e. The molecular formula is C24H24Cl2N2O5S. The Hall–Kier alpha value is -2.78. The molecule has 0 spiro atoms. The number of hydrogen-bond acceptors (Lipinski definition) is 5. The van der Waals surface area contributed by atoms with Gasteiger partial charge in [-0.15, -0.1) is 0 Å². The van der Waals surface area contributed by atoms with Crippen LogP contribution in [0, 0.1) is 0 Å². The van der Waals surface area contributed by atoms with Crippen LogP contribution in [-0.2, 0) is 16.6 Å². The van der Waals surface area contributed by atoms with E-state index in [1.807, 2.05) is 19.9 Å². The molecule has 0 aliphatic heterocycles. The van der Waals surface area contributed by atoms with Crippen molar-refractivity contribution in [3.63, 3.8) is 0 Å². The van der Waals surface area contributed by atoms with Gasteiger partial charge in [-0.05, 0) is 53.9 Å². The summed E-state index contributed by atoms with van der Waals surface area (Å²) in [4.78, 5) is 12.8. The maximum absolute atomic E-state index is 12.8. The topological polar surface area (TPSA) is 108 Å². The molecule has 0 radical (unpaired) electrons. The number of primary sulfonamides is 1. The summed E-state index contributed by atoms with van der Waals surface area (Å²) < 4.78 is 34.1. The van der Waals surface area contributed by atoms with Crippen LogP contribution in [0.1, 0.15) is 41.3 Å². The first-order chi connectivity index (χ1) is 16.0. The zero-order chi connectivity index (χ0) is 25.0.